The molecule has 1 aromatic rings. The lowest BCUT2D eigenvalue weighted by Crippen LogP contribution is -2.42. The number of nitrogens with zero attached hydrogens (tertiary/aromatic N) is 1. The number of rotatable bonds is 3. The van der Waals surface area contributed by atoms with Crippen LogP contribution in [0, 0.1) is 5.92 Å². The summed E-state index contributed by atoms with van der Waals surface area (Å²) >= 11 is 0. The van der Waals surface area contributed by atoms with Gasteiger partial charge in [0.15, 0.2) is 0 Å². The van der Waals surface area contributed by atoms with Gasteiger partial charge >= 0.3 is 6.18 Å². The van der Waals surface area contributed by atoms with Gasteiger partial charge in [0, 0.05) is 18.8 Å². The largest absolute Gasteiger partial charge is 0.399 e. The molecule has 0 bridgehead atoms. The van der Waals surface area contributed by atoms with E-state index >= 15 is 0 Å². The molecule has 0 aliphatic carbocycles. The van der Waals surface area contributed by atoms with Crippen molar-refractivity contribution in [3.8, 4) is 0 Å². The first-order valence-corrected chi connectivity index (χ1v) is 8.18. The molecular weight excluding hydrogens is 305 g/mol. The van der Waals surface area contributed by atoms with Gasteiger partial charge in [-0.2, -0.15) is 13.2 Å². The molecule has 1 heterocycles. The summed E-state index contributed by atoms with van der Waals surface area (Å²) < 4.78 is 63.3. The van der Waals surface area contributed by atoms with Crippen molar-refractivity contribution in [1.82, 2.24) is 4.31 Å². The maximum atomic E-state index is 12.6. The third-order valence-corrected chi connectivity index (χ3v) is 5.46. The predicted molar refractivity (Wildman–Crippen MR) is 73.8 cm³/mol. The van der Waals surface area contributed by atoms with E-state index in [1.165, 1.54) is 0 Å². The van der Waals surface area contributed by atoms with Gasteiger partial charge in [-0.25, -0.2) is 12.7 Å². The SMILES string of the molecule is Nc1cccc(CS(=O)(=O)N2CCC(C(F)(F)F)CC2)c1. The Hall–Kier alpha value is -1.28. The van der Waals surface area contributed by atoms with Crippen molar-refractivity contribution >= 4 is 15.7 Å². The van der Waals surface area contributed by atoms with Gasteiger partial charge in [-0.15, -0.1) is 0 Å². The van der Waals surface area contributed by atoms with Crippen molar-refractivity contribution in [2.75, 3.05) is 18.8 Å². The molecule has 2 rings (SSSR count). The van der Waals surface area contributed by atoms with E-state index in [1.807, 2.05) is 0 Å². The summed E-state index contributed by atoms with van der Waals surface area (Å²) in [5.74, 6) is -1.65. The molecule has 0 saturated carbocycles. The molecule has 118 valence electrons. The van der Waals surface area contributed by atoms with Crippen LogP contribution in [0.4, 0.5) is 18.9 Å². The first-order chi connectivity index (χ1) is 9.68. The molecule has 2 N–H and O–H groups in total. The molecular formula is C13H17F3N2O2S. The Labute approximate surface area is 121 Å². The van der Waals surface area contributed by atoms with Gasteiger partial charge in [-0.1, -0.05) is 12.1 Å². The van der Waals surface area contributed by atoms with Crippen molar-refractivity contribution < 1.29 is 21.6 Å². The number of nitrogen functional groups attached to an aromatic ring is 1. The summed E-state index contributed by atoms with van der Waals surface area (Å²) in [6.45, 7) is -0.177. The van der Waals surface area contributed by atoms with E-state index in [2.05, 4.69) is 0 Å². The van der Waals surface area contributed by atoms with Gasteiger partial charge < -0.3 is 5.73 Å². The Morgan fingerprint density at radius 1 is 1.24 bits per heavy atom. The van der Waals surface area contributed by atoms with Crippen molar-refractivity contribution in [3.05, 3.63) is 29.8 Å². The topological polar surface area (TPSA) is 63.4 Å². The Morgan fingerprint density at radius 3 is 2.38 bits per heavy atom. The van der Waals surface area contributed by atoms with E-state index in [1.54, 1.807) is 24.3 Å². The highest BCUT2D eigenvalue weighted by Gasteiger charge is 2.42. The normalized spacial score (nSPS) is 18.8. The molecule has 1 saturated heterocycles. The van der Waals surface area contributed by atoms with E-state index in [0.29, 0.717) is 11.3 Å². The van der Waals surface area contributed by atoms with Crippen LogP contribution in [0.25, 0.3) is 0 Å². The third-order valence-electron chi connectivity index (χ3n) is 3.61. The highest BCUT2D eigenvalue weighted by Crippen LogP contribution is 2.35. The van der Waals surface area contributed by atoms with Crippen LogP contribution in [-0.2, 0) is 15.8 Å². The van der Waals surface area contributed by atoms with Crippen LogP contribution in [-0.4, -0.2) is 32.0 Å². The van der Waals surface area contributed by atoms with Gasteiger partial charge in [0.05, 0.1) is 11.7 Å². The fraction of sp³-hybridized carbons (Fsp3) is 0.538. The van der Waals surface area contributed by atoms with Gasteiger partial charge in [0.25, 0.3) is 0 Å². The minimum absolute atomic E-state index is 0.0885. The van der Waals surface area contributed by atoms with Crippen LogP contribution < -0.4 is 5.73 Å². The molecule has 1 aliphatic rings. The smallest absolute Gasteiger partial charge is 0.391 e. The molecule has 21 heavy (non-hydrogen) atoms. The van der Waals surface area contributed by atoms with Crippen molar-refractivity contribution in [2.45, 2.75) is 24.8 Å². The Kier molecular flexibility index (Phi) is 4.48. The summed E-state index contributed by atoms with van der Waals surface area (Å²) in [5.41, 5.74) is 6.58. The summed E-state index contributed by atoms with van der Waals surface area (Å²) in [6, 6.07) is 6.48. The molecule has 1 fully saturated rings. The number of hydrogen-bond donors (Lipinski definition) is 1. The Morgan fingerprint density at radius 2 is 1.86 bits per heavy atom. The fourth-order valence-electron chi connectivity index (χ4n) is 2.45. The maximum absolute atomic E-state index is 12.6. The zero-order valence-corrected chi connectivity index (χ0v) is 12.1. The van der Waals surface area contributed by atoms with Crippen molar-refractivity contribution in [1.29, 1.82) is 0 Å². The number of piperidine rings is 1. The molecule has 0 aromatic heterocycles. The van der Waals surface area contributed by atoms with E-state index < -0.39 is 22.1 Å². The zero-order valence-electron chi connectivity index (χ0n) is 11.3. The molecule has 0 radical (unpaired) electrons. The van der Waals surface area contributed by atoms with Crippen molar-refractivity contribution in [2.24, 2.45) is 5.92 Å². The van der Waals surface area contributed by atoms with E-state index in [0.717, 1.165) is 4.31 Å². The molecule has 1 aliphatic heterocycles. The molecule has 0 atom stereocenters. The lowest BCUT2D eigenvalue weighted by Gasteiger charge is -2.32. The van der Waals surface area contributed by atoms with Gasteiger partial charge in [-0.05, 0) is 30.5 Å². The molecule has 0 unspecified atom stereocenters. The van der Waals surface area contributed by atoms with Gasteiger partial charge in [-0.3, -0.25) is 0 Å². The Balaban J connectivity index is 2.02. The van der Waals surface area contributed by atoms with E-state index in [-0.39, 0.29) is 31.7 Å². The lowest BCUT2D eigenvalue weighted by molar-refractivity contribution is -0.182. The van der Waals surface area contributed by atoms with Crippen LogP contribution in [0.15, 0.2) is 24.3 Å². The summed E-state index contributed by atoms with van der Waals surface area (Å²) in [7, 11) is -3.61. The number of anilines is 1. The summed E-state index contributed by atoms with van der Waals surface area (Å²) in [6.07, 6.45) is -4.61. The second-order valence-electron chi connectivity index (χ2n) is 5.22. The average Bonchev–Trinajstić information content (AvgIpc) is 2.37. The first kappa shape index (κ1) is 16.1. The number of halogens is 3. The van der Waals surface area contributed by atoms with Gasteiger partial charge in [0.2, 0.25) is 10.0 Å². The van der Waals surface area contributed by atoms with Crippen LogP contribution in [0.3, 0.4) is 0 Å². The van der Waals surface area contributed by atoms with Crippen LogP contribution in [0.2, 0.25) is 0 Å². The second-order valence-corrected chi connectivity index (χ2v) is 7.19. The predicted octanol–water partition coefficient (Wildman–Crippen LogP) is 2.37. The zero-order chi connectivity index (χ0) is 15.7. The molecule has 8 heteroatoms. The highest BCUT2D eigenvalue weighted by molar-refractivity contribution is 7.88. The van der Waals surface area contributed by atoms with Crippen LogP contribution in [0.1, 0.15) is 18.4 Å². The van der Waals surface area contributed by atoms with Crippen LogP contribution >= 0.6 is 0 Å². The second kappa shape index (κ2) is 5.84. The minimum Gasteiger partial charge on any atom is -0.399 e. The van der Waals surface area contributed by atoms with E-state index in [4.69, 9.17) is 5.73 Å². The number of hydrogen-bond acceptors (Lipinski definition) is 3. The number of sulfonamides is 1. The minimum atomic E-state index is -4.25. The molecule has 0 amide bonds. The van der Waals surface area contributed by atoms with Crippen LogP contribution in [0.5, 0.6) is 0 Å². The van der Waals surface area contributed by atoms with E-state index in [9.17, 15) is 21.6 Å². The standard InChI is InChI=1S/C13H17F3N2O2S/c14-13(15,16)11-4-6-18(7-5-11)21(19,20)9-10-2-1-3-12(17)8-10/h1-3,8,11H,4-7,9,17H2. The van der Waals surface area contributed by atoms with Gasteiger partial charge in [0.1, 0.15) is 0 Å². The summed E-state index contributed by atoms with van der Waals surface area (Å²) in [5, 5.41) is 0. The fourth-order valence-corrected chi connectivity index (χ4v) is 4.00. The molecule has 0 spiro atoms. The first-order valence-electron chi connectivity index (χ1n) is 6.57. The summed E-state index contributed by atoms with van der Waals surface area (Å²) in [4.78, 5) is 0. The quantitative estimate of drug-likeness (QED) is 0.869. The number of alkyl halides is 3. The maximum Gasteiger partial charge on any atom is 0.391 e. The monoisotopic (exact) mass is 322 g/mol. The molecule has 4 nitrogen and oxygen atoms in total. The highest BCUT2D eigenvalue weighted by atomic mass is 32.2. The molecule has 1 aromatic carbocycles. The average molecular weight is 322 g/mol. The van der Waals surface area contributed by atoms with Crippen molar-refractivity contribution in [3.63, 3.8) is 0 Å². The number of benzene rings is 1. The third kappa shape index (κ3) is 4.10. The number of nitrogens with two attached hydrogens (primary N) is 1. The Bertz CT molecular complexity index is 594. The lowest BCUT2D eigenvalue weighted by atomic mass is 9.98.